The van der Waals surface area contributed by atoms with E-state index in [0.717, 1.165) is 11.1 Å². The van der Waals surface area contributed by atoms with Crippen molar-refractivity contribution < 1.29 is 29.7 Å². The van der Waals surface area contributed by atoms with Gasteiger partial charge in [0, 0.05) is 12.0 Å². The van der Waals surface area contributed by atoms with Gasteiger partial charge in [0.25, 0.3) is 0 Å². The maximum absolute atomic E-state index is 13.3. The van der Waals surface area contributed by atoms with Crippen LogP contribution in [0.3, 0.4) is 0 Å². The van der Waals surface area contributed by atoms with Crippen LogP contribution in [0.1, 0.15) is 48.2 Å². The molecular weight excluding hydrogens is 487 g/mol. The van der Waals surface area contributed by atoms with Gasteiger partial charge >= 0.3 is 0 Å². The largest absolute Gasteiger partial charge is 0.511 e. The third kappa shape index (κ3) is 2.85. The van der Waals surface area contributed by atoms with Crippen LogP contribution in [0.5, 0.6) is 5.75 Å². The maximum atomic E-state index is 13.3. The van der Waals surface area contributed by atoms with E-state index in [0.29, 0.717) is 22.8 Å². The van der Waals surface area contributed by atoms with Crippen molar-refractivity contribution >= 4 is 39.9 Å². The highest BCUT2D eigenvalue weighted by Crippen LogP contribution is 2.50. The van der Waals surface area contributed by atoms with Crippen LogP contribution in [0.25, 0.3) is 0 Å². The van der Waals surface area contributed by atoms with Gasteiger partial charge < -0.3 is 15.3 Å². The zero-order chi connectivity index (χ0) is 21.2. The average molecular weight is 508 g/mol. The molecule has 0 heterocycles. The highest BCUT2D eigenvalue weighted by molar-refractivity contribution is 14.1. The van der Waals surface area contributed by atoms with E-state index in [1.807, 2.05) is 35.6 Å². The second kappa shape index (κ2) is 6.97. The van der Waals surface area contributed by atoms with Crippen LogP contribution >= 0.6 is 22.6 Å². The van der Waals surface area contributed by atoms with E-state index in [9.17, 15) is 29.7 Å². The number of hydrogen-bond acceptors (Lipinski definition) is 6. The normalized spacial score (nSPS) is 26.2. The summed E-state index contributed by atoms with van der Waals surface area (Å²) in [6.45, 7) is 3.19. The van der Waals surface area contributed by atoms with E-state index in [1.54, 1.807) is 0 Å². The molecule has 3 aliphatic carbocycles. The van der Waals surface area contributed by atoms with Gasteiger partial charge in [-0.25, -0.2) is 0 Å². The lowest BCUT2D eigenvalue weighted by atomic mass is 9.62. The first-order chi connectivity index (χ1) is 13.7. The Labute approximate surface area is 181 Å². The first kappa shape index (κ1) is 20.1. The second-order valence-electron chi connectivity index (χ2n) is 8.02. The maximum Gasteiger partial charge on any atom is 0.196 e. The molecule has 0 spiro atoms. The number of phenolic OH excluding ortho intramolecular Hbond substituents is 1. The number of aliphatic hydroxyl groups is 2. The number of halogens is 1. The Morgan fingerprint density at radius 2 is 1.90 bits per heavy atom. The molecule has 1 aromatic rings. The molecule has 3 unspecified atom stereocenters. The first-order valence-corrected chi connectivity index (χ1v) is 10.7. The number of ketones is 3. The fraction of sp³-hybridized carbons (Fsp3) is 0.409. The van der Waals surface area contributed by atoms with Gasteiger partial charge in [-0.15, -0.1) is 0 Å². The standard InChI is InChI=1S/C22H21IO6/c1-3-9-6-13(23)19(26)18-12(9)5-10-4-11-7-14(25)15(8(2)24)20(27)17(11)21(28)16(10)22(18)29/h6,10-11,17,25-26,28H,3-5,7H2,1-2H3. The van der Waals surface area contributed by atoms with Crippen molar-refractivity contribution in [3.05, 3.63) is 49.0 Å². The summed E-state index contributed by atoms with van der Waals surface area (Å²) in [5.74, 6) is -3.93. The Balaban J connectivity index is 1.88. The molecule has 0 aromatic heterocycles. The third-order valence-electron chi connectivity index (χ3n) is 6.42. The molecule has 0 aliphatic heterocycles. The molecule has 3 N–H and O–H groups in total. The summed E-state index contributed by atoms with van der Waals surface area (Å²) in [6, 6.07) is 1.88. The number of rotatable bonds is 2. The molecule has 1 aromatic carbocycles. The lowest BCUT2D eigenvalue weighted by Crippen LogP contribution is -2.42. The molecule has 6 nitrogen and oxygen atoms in total. The zero-order valence-corrected chi connectivity index (χ0v) is 18.2. The Kier molecular flexibility index (Phi) is 4.83. The van der Waals surface area contributed by atoms with Crippen LogP contribution in [-0.4, -0.2) is 32.7 Å². The number of aryl methyl sites for hydroxylation is 1. The number of Topliss-reactive ketones (excluding diaryl/α,β-unsaturated/α-hetero) is 3. The number of benzene rings is 1. The molecule has 3 atom stereocenters. The predicted molar refractivity (Wildman–Crippen MR) is 113 cm³/mol. The van der Waals surface area contributed by atoms with Gasteiger partial charge in [-0.1, -0.05) is 6.92 Å². The number of phenols is 1. The van der Waals surface area contributed by atoms with Crippen molar-refractivity contribution in [3.8, 4) is 5.75 Å². The number of hydrogen-bond donors (Lipinski definition) is 3. The van der Waals surface area contributed by atoms with Crippen molar-refractivity contribution in [1.29, 1.82) is 0 Å². The van der Waals surface area contributed by atoms with Crippen LogP contribution in [0.4, 0.5) is 0 Å². The first-order valence-electron chi connectivity index (χ1n) is 9.65. The molecular formula is C22H21IO6. The predicted octanol–water partition coefficient (Wildman–Crippen LogP) is 3.74. The van der Waals surface area contributed by atoms with Crippen LogP contribution in [-0.2, 0) is 22.4 Å². The highest BCUT2D eigenvalue weighted by Gasteiger charge is 2.50. The Morgan fingerprint density at radius 1 is 1.21 bits per heavy atom. The summed E-state index contributed by atoms with van der Waals surface area (Å²) < 4.78 is 0.569. The number of aliphatic hydroxyl groups excluding tert-OH is 2. The molecule has 0 amide bonds. The molecule has 0 saturated carbocycles. The Morgan fingerprint density at radius 3 is 2.52 bits per heavy atom. The van der Waals surface area contributed by atoms with Crippen molar-refractivity contribution in [1.82, 2.24) is 0 Å². The third-order valence-corrected chi connectivity index (χ3v) is 7.24. The topological polar surface area (TPSA) is 112 Å². The monoisotopic (exact) mass is 508 g/mol. The smallest absolute Gasteiger partial charge is 0.196 e. The quantitative estimate of drug-likeness (QED) is 0.415. The van der Waals surface area contributed by atoms with Crippen molar-refractivity contribution in [2.45, 2.75) is 39.5 Å². The van der Waals surface area contributed by atoms with Gasteiger partial charge in [0.15, 0.2) is 17.3 Å². The minimum Gasteiger partial charge on any atom is -0.511 e. The van der Waals surface area contributed by atoms with Gasteiger partial charge in [-0.2, -0.15) is 0 Å². The summed E-state index contributed by atoms with van der Waals surface area (Å²) in [7, 11) is 0. The van der Waals surface area contributed by atoms with E-state index in [2.05, 4.69) is 0 Å². The minimum absolute atomic E-state index is 0.0967. The van der Waals surface area contributed by atoms with Gasteiger partial charge in [-0.05, 0) is 77.8 Å². The van der Waals surface area contributed by atoms with E-state index < -0.39 is 23.3 Å². The number of aromatic hydroxyl groups is 1. The fourth-order valence-electron chi connectivity index (χ4n) is 5.18. The molecule has 152 valence electrons. The number of fused-ring (bicyclic) bond motifs is 3. The summed E-state index contributed by atoms with van der Waals surface area (Å²) in [6.07, 6.45) is 1.76. The summed E-state index contributed by atoms with van der Waals surface area (Å²) in [5.41, 5.74) is 1.86. The average Bonchev–Trinajstić information content (AvgIpc) is 2.63. The van der Waals surface area contributed by atoms with Crippen LogP contribution < -0.4 is 0 Å². The molecule has 29 heavy (non-hydrogen) atoms. The molecule has 4 rings (SSSR count). The molecule has 0 saturated heterocycles. The number of carbonyl (C=O) groups is 3. The number of carbonyl (C=O) groups excluding carboxylic acids is 3. The lowest BCUT2D eigenvalue weighted by Gasteiger charge is -2.41. The molecule has 0 fully saturated rings. The fourth-order valence-corrected chi connectivity index (χ4v) is 5.82. The van der Waals surface area contributed by atoms with Crippen LogP contribution in [0.2, 0.25) is 0 Å². The van der Waals surface area contributed by atoms with Crippen LogP contribution in [0.15, 0.2) is 28.7 Å². The van der Waals surface area contributed by atoms with E-state index in [4.69, 9.17) is 0 Å². The van der Waals surface area contributed by atoms with Gasteiger partial charge in [0.05, 0.1) is 20.6 Å². The summed E-state index contributed by atoms with van der Waals surface area (Å²) >= 11 is 1.98. The SMILES string of the molecule is CCc1cc(I)c(O)c2c1CC1CC3CC(O)=C(C(C)=O)C(=O)C3C(O)=C1C2=O. The number of allylic oxidation sites excluding steroid dienone is 4. The van der Waals surface area contributed by atoms with Gasteiger partial charge in [0.1, 0.15) is 17.3 Å². The van der Waals surface area contributed by atoms with Crippen LogP contribution in [0, 0.1) is 21.3 Å². The van der Waals surface area contributed by atoms with E-state index in [-0.39, 0.29) is 52.2 Å². The Hall–Kier alpha value is -2.16. The van der Waals surface area contributed by atoms with Gasteiger partial charge in [-0.3, -0.25) is 14.4 Å². The minimum atomic E-state index is -1.00. The molecule has 7 heteroatoms. The molecule has 0 radical (unpaired) electrons. The molecule has 0 bridgehead atoms. The summed E-state index contributed by atoms with van der Waals surface area (Å²) in [5, 5.41) is 31.8. The molecule has 3 aliphatic rings. The van der Waals surface area contributed by atoms with E-state index in [1.165, 1.54) is 6.92 Å². The van der Waals surface area contributed by atoms with Crippen molar-refractivity contribution in [3.63, 3.8) is 0 Å². The lowest BCUT2D eigenvalue weighted by molar-refractivity contribution is -0.125. The summed E-state index contributed by atoms with van der Waals surface area (Å²) in [4.78, 5) is 38.0. The van der Waals surface area contributed by atoms with Crippen molar-refractivity contribution in [2.75, 3.05) is 0 Å². The highest BCUT2D eigenvalue weighted by atomic mass is 127. The Bertz CT molecular complexity index is 1050. The zero-order valence-electron chi connectivity index (χ0n) is 16.1. The second-order valence-corrected chi connectivity index (χ2v) is 9.18. The van der Waals surface area contributed by atoms with E-state index >= 15 is 0 Å². The van der Waals surface area contributed by atoms with Crippen molar-refractivity contribution in [2.24, 2.45) is 17.8 Å². The van der Waals surface area contributed by atoms with Gasteiger partial charge in [0.2, 0.25) is 0 Å².